The molecule has 1 amide bonds. The van der Waals surface area contributed by atoms with Gasteiger partial charge in [0.2, 0.25) is 5.91 Å². The van der Waals surface area contributed by atoms with Crippen LogP contribution in [0.4, 0.5) is 0 Å². The molecule has 1 saturated heterocycles. The quantitative estimate of drug-likeness (QED) is 0.859. The van der Waals surface area contributed by atoms with Gasteiger partial charge in [-0.3, -0.25) is 4.79 Å². The summed E-state index contributed by atoms with van der Waals surface area (Å²) in [5.41, 5.74) is 3.32. The van der Waals surface area contributed by atoms with E-state index >= 15 is 0 Å². The number of nitrogens with one attached hydrogen (secondary N) is 2. The molecule has 1 fully saturated rings. The van der Waals surface area contributed by atoms with Crippen LogP contribution in [0.1, 0.15) is 11.6 Å². The van der Waals surface area contributed by atoms with Crippen molar-refractivity contribution < 1.29 is 4.79 Å². The summed E-state index contributed by atoms with van der Waals surface area (Å²) in [4.78, 5) is 11.9. The molecule has 0 spiro atoms. The van der Waals surface area contributed by atoms with Gasteiger partial charge in [0, 0.05) is 13.1 Å². The van der Waals surface area contributed by atoms with Crippen LogP contribution < -0.4 is 10.6 Å². The summed E-state index contributed by atoms with van der Waals surface area (Å²) < 4.78 is 0. The maximum Gasteiger partial charge on any atom is 0.241 e. The fourth-order valence-electron chi connectivity index (χ4n) is 2.39. The molecule has 0 unspecified atom stereocenters. The third kappa shape index (κ3) is 2.51. The van der Waals surface area contributed by atoms with Crippen molar-refractivity contribution in [2.24, 2.45) is 0 Å². The van der Waals surface area contributed by atoms with Gasteiger partial charge >= 0.3 is 0 Å². The highest BCUT2D eigenvalue weighted by atomic mass is 16.2. The first-order valence-corrected chi connectivity index (χ1v) is 6.51. The number of carbonyl (C=O) groups is 1. The molecule has 0 bridgehead atoms. The Labute approximate surface area is 112 Å². The minimum Gasteiger partial charge on any atom is -0.353 e. The number of hydrogen-bond donors (Lipinski definition) is 2. The largest absolute Gasteiger partial charge is 0.353 e. The van der Waals surface area contributed by atoms with Gasteiger partial charge in [-0.2, -0.15) is 0 Å². The monoisotopic (exact) mass is 252 g/mol. The zero-order chi connectivity index (χ0) is 13.1. The molecule has 0 radical (unpaired) electrons. The molecule has 0 aliphatic carbocycles. The zero-order valence-corrected chi connectivity index (χ0v) is 10.6. The fraction of sp³-hybridized carbons (Fsp3) is 0.188. The minimum atomic E-state index is -0.239. The number of benzene rings is 2. The molecule has 1 aliphatic heterocycles. The lowest BCUT2D eigenvalue weighted by molar-refractivity contribution is -0.124. The first-order chi connectivity index (χ1) is 9.34. The van der Waals surface area contributed by atoms with Gasteiger partial charge in [0.25, 0.3) is 0 Å². The van der Waals surface area contributed by atoms with Crippen LogP contribution in [0.3, 0.4) is 0 Å². The maximum atomic E-state index is 11.9. The van der Waals surface area contributed by atoms with Crippen molar-refractivity contribution in [1.82, 2.24) is 10.6 Å². The predicted molar refractivity (Wildman–Crippen MR) is 75.6 cm³/mol. The highest BCUT2D eigenvalue weighted by Gasteiger charge is 2.23. The zero-order valence-electron chi connectivity index (χ0n) is 10.6. The Hall–Kier alpha value is -2.13. The molecule has 3 nitrogen and oxygen atoms in total. The average Bonchev–Trinajstić information content (AvgIpc) is 2.49. The molecular weight excluding hydrogens is 236 g/mol. The van der Waals surface area contributed by atoms with Crippen molar-refractivity contribution in [2.75, 3.05) is 13.1 Å². The molecule has 2 aromatic rings. The van der Waals surface area contributed by atoms with Crippen LogP contribution in [0.5, 0.6) is 0 Å². The number of piperazine rings is 1. The number of carbonyl (C=O) groups excluding carboxylic acids is 1. The SMILES string of the molecule is O=C1NCCN[C@@H]1c1cccc(-c2ccccc2)c1. The highest BCUT2D eigenvalue weighted by Crippen LogP contribution is 2.23. The van der Waals surface area contributed by atoms with E-state index < -0.39 is 0 Å². The molecule has 19 heavy (non-hydrogen) atoms. The molecule has 0 aromatic heterocycles. The topological polar surface area (TPSA) is 41.1 Å². The Balaban J connectivity index is 1.94. The van der Waals surface area contributed by atoms with Gasteiger partial charge in [0.15, 0.2) is 0 Å². The summed E-state index contributed by atoms with van der Waals surface area (Å²) >= 11 is 0. The third-order valence-electron chi connectivity index (χ3n) is 3.36. The van der Waals surface area contributed by atoms with Gasteiger partial charge in [-0.1, -0.05) is 48.5 Å². The second-order valence-electron chi connectivity index (χ2n) is 4.67. The van der Waals surface area contributed by atoms with Crippen molar-refractivity contribution >= 4 is 5.91 Å². The van der Waals surface area contributed by atoms with E-state index in [1.54, 1.807) is 0 Å². The summed E-state index contributed by atoms with van der Waals surface area (Å²) in [7, 11) is 0. The van der Waals surface area contributed by atoms with E-state index in [1.807, 2.05) is 30.3 Å². The van der Waals surface area contributed by atoms with E-state index in [0.29, 0.717) is 6.54 Å². The lowest BCUT2D eigenvalue weighted by atomic mass is 9.98. The van der Waals surface area contributed by atoms with Gasteiger partial charge < -0.3 is 10.6 Å². The second-order valence-corrected chi connectivity index (χ2v) is 4.67. The van der Waals surface area contributed by atoms with Crippen molar-refractivity contribution in [2.45, 2.75) is 6.04 Å². The number of hydrogen-bond acceptors (Lipinski definition) is 2. The van der Waals surface area contributed by atoms with E-state index in [9.17, 15) is 4.79 Å². The summed E-state index contributed by atoms with van der Waals surface area (Å²) in [6.45, 7) is 1.51. The van der Waals surface area contributed by atoms with Crippen molar-refractivity contribution in [1.29, 1.82) is 0 Å². The molecule has 0 saturated carbocycles. The predicted octanol–water partition coefficient (Wildman–Crippen LogP) is 2.11. The molecule has 1 heterocycles. The van der Waals surface area contributed by atoms with Crippen LogP contribution in [-0.4, -0.2) is 19.0 Å². The van der Waals surface area contributed by atoms with Crippen LogP contribution in [0, 0.1) is 0 Å². The molecule has 2 aromatic carbocycles. The number of amides is 1. The molecular formula is C16H16N2O. The van der Waals surface area contributed by atoms with Crippen LogP contribution in [0.15, 0.2) is 54.6 Å². The van der Waals surface area contributed by atoms with Crippen molar-refractivity contribution in [3.05, 3.63) is 60.2 Å². The second kappa shape index (κ2) is 5.24. The van der Waals surface area contributed by atoms with Crippen LogP contribution in [0.25, 0.3) is 11.1 Å². The molecule has 3 rings (SSSR count). The van der Waals surface area contributed by atoms with Gasteiger partial charge in [-0.15, -0.1) is 0 Å². The lowest BCUT2D eigenvalue weighted by Gasteiger charge is -2.24. The van der Waals surface area contributed by atoms with E-state index in [2.05, 4.69) is 34.9 Å². The maximum absolute atomic E-state index is 11.9. The first kappa shape index (κ1) is 11.9. The minimum absolute atomic E-state index is 0.0523. The molecule has 3 heteroatoms. The average molecular weight is 252 g/mol. The Bertz CT molecular complexity index is 580. The van der Waals surface area contributed by atoms with E-state index in [-0.39, 0.29) is 11.9 Å². The Morgan fingerprint density at radius 2 is 1.68 bits per heavy atom. The van der Waals surface area contributed by atoms with Crippen LogP contribution >= 0.6 is 0 Å². The normalized spacial score (nSPS) is 18.9. The van der Waals surface area contributed by atoms with Crippen molar-refractivity contribution in [3.63, 3.8) is 0 Å². The Kier molecular flexibility index (Phi) is 3.29. The van der Waals surface area contributed by atoms with Gasteiger partial charge in [0.1, 0.15) is 6.04 Å². The van der Waals surface area contributed by atoms with Crippen LogP contribution in [0.2, 0.25) is 0 Å². The molecule has 2 N–H and O–H groups in total. The Morgan fingerprint density at radius 1 is 0.895 bits per heavy atom. The van der Waals surface area contributed by atoms with Gasteiger partial charge in [0.05, 0.1) is 0 Å². The van der Waals surface area contributed by atoms with E-state index in [1.165, 1.54) is 5.56 Å². The van der Waals surface area contributed by atoms with Gasteiger partial charge in [-0.25, -0.2) is 0 Å². The lowest BCUT2D eigenvalue weighted by Crippen LogP contribution is -2.47. The summed E-state index contributed by atoms with van der Waals surface area (Å²) in [5.74, 6) is 0.0523. The van der Waals surface area contributed by atoms with Crippen LogP contribution in [-0.2, 0) is 4.79 Å². The number of rotatable bonds is 2. The molecule has 1 aliphatic rings. The molecule has 96 valence electrons. The molecule has 1 atom stereocenters. The van der Waals surface area contributed by atoms with E-state index in [4.69, 9.17) is 0 Å². The summed E-state index contributed by atoms with van der Waals surface area (Å²) in [6, 6.07) is 18.1. The van der Waals surface area contributed by atoms with Gasteiger partial charge in [-0.05, 0) is 22.8 Å². The summed E-state index contributed by atoms with van der Waals surface area (Å²) in [5, 5.41) is 6.14. The summed E-state index contributed by atoms with van der Waals surface area (Å²) in [6.07, 6.45) is 0. The third-order valence-corrected chi connectivity index (χ3v) is 3.36. The van der Waals surface area contributed by atoms with E-state index in [0.717, 1.165) is 17.7 Å². The standard InChI is InChI=1S/C16H16N2O/c19-16-15(17-9-10-18-16)14-8-4-7-13(11-14)12-5-2-1-3-6-12/h1-8,11,15,17H,9-10H2,(H,18,19)/t15-/m1/s1. The van der Waals surface area contributed by atoms with Crippen molar-refractivity contribution in [3.8, 4) is 11.1 Å². The first-order valence-electron chi connectivity index (χ1n) is 6.51. The Morgan fingerprint density at radius 3 is 2.47 bits per heavy atom. The smallest absolute Gasteiger partial charge is 0.241 e. The fourth-order valence-corrected chi connectivity index (χ4v) is 2.39. The highest BCUT2D eigenvalue weighted by molar-refractivity contribution is 5.84.